The van der Waals surface area contributed by atoms with Crippen LogP contribution < -0.4 is 10.7 Å². The van der Waals surface area contributed by atoms with Gasteiger partial charge in [-0.05, 0) is 12.1 Å². The zero-order chi connectivity index (χ0) is 14.7. The Kier molecular flexibility index (Phi) is 3.47. The molecule has 0 fully saturated rings. The van der Waals surface area contributed by atoms with Crippen molar-refractivity contribution in [2.75, 3.05) is 5.32 Å². The fourth-order valence-electron chi connectivity index (χ4n) is 1.56. The molecule has 0 saturated carbocycles. The molecule has 2 aromatic rings. The number of aromatic hydroxyl groups is 1. The normalized spacial score (nSPS) is 10.0. The SMILES string of the molecule is O=C(Nc1ccc(O)cc1[N+](=O)[O-])c1c[nH]ccc1=O. The molecule has 3 N–H and O–H groups in total. The van der Waals surface area contributed by atoms with Crippen molar-refractivity contribution in [2.45, 2.75) is 0 Å². The highest BCUT2D eigenvalue weighted by molar-refractivity contribution is 6.05. The third-order valence-electron chi connectivity index (χ3n) is 2.49. The molecule has 0 bridgehead atoms. The molecular formula is C12H9N3O5. The lowest BCUT2D eigenvalue weighted by atomic mass is 10.2. The Hall–Kier alpha value is -3.16. The van der Waals surface area contributed by atoms with Crippen LogP contribution >= 0.6 is 0 Å². The monoisotopic (exact) mass is 275 g/mol. The van der Waals surface area contributed by atoms with Crippen LogP contribution in [0.3, 0.4) is 0 Å². The van der Waals surface area contributed by atoms with Crippen LogP contribution in [-0.4, -0.2) is 20.9 Å². The number of anilines is 1. The van der Waals surface area contributed by atoms with Crippen molar-refractivity contribution < 1.29 is 14.8 Å². The fourth-order valence-corrected chi connectivity index (χ4v) is 1.56. The quantitative estimate of drug-likeness (QED) is 0.441. The number of amides is 1. The van der Waals surface area contributed by atoms with Crippen molar-refractivity contribution in [1.82, 2.24) is 4.98 Å². The summed E-state index contributed by atoms with van der Waals surface area (Å²) in [5.74, 6) is -1.08. The molecule has 20 heavy (non-hydrogen) atoms. The maximum atomic E-state index is 11.9. The molecule has 0 aliphatic carbocycles. The van der Waals surface area contributed by atoms with Gasteiger partial charge in [-0.25, -0.2) is 0 Å². The van der Waals surface area contributed by atoms with Gasteiger partial charge in [-0.15, -0.1) is 0 Å². The molecular weight excluding hydrogens is 266 g/mol. The molecule has 0 spiro atoms. The number of hydrogen-bond donors (Lipinski definition) is 3. The van der Waals surface area contributed by atoms with E-state index < -0.39 is 21.9 Å². The topological polar surface area (TPSA) is 125 Å². The molecule has 0 unspecified atom stereocenters. The fraction of sp³-hybridized carbons (Fsp3) is 0. The molecule has 0 saturated heterocycles. The van der Waals surface area contributed by atoms with Gasteiger partial charge in [0.05, 0.1) is 11.0 Å². The number of nitrogens with zero attached hydrogens (tertiary/aromatic N) is 1. The lowest BCUT2D eigenvalue weighted by Gasteiger charge is -2.05. The number of nitro groups is 1. The van der Waals surface area contributed by atoms with E-state index in [9.17, 15) is 24.8 Å². The molecule has 0 aliphatic heterocycles. The zero-order valence-corrected chi connectivity index (χ0v) is 9.99. The first kappa shape index (κ1) is 13.3. The maximum Gasteiger partial charge on any atom is 0.296 e. The van der Waals surface area contributed by atoms with E-state index in [0.717, 1.165) is 6.07 Å². The predicted octanol–water partition coefficient (Wildman–Crippen LogP) is 1.24. The molecule has 8 heteroatoms. The lowest BCUT2D eigenvalue weighted by Crippen LogP contribution is -2.21. The third-order valence-corrected chi connectivity index (χ3v) is 2.49. The minimum Gasteiger partial charge on any atom is -0.508 e. The summed E-state index contributed by atoms with van der Waals surface area (Å²) in [4.78, 5) is 36.0. The van der Waals surface area contributed by atoms with Crippen LogP contribution in [0, 0.1) is 10.1 Å². The van der Waals surface area contributed by atoms with Gasteiger partial charge in [-0.3, -0.25) is 19.7 Å². The Labute approximate surface area is 111 Å². The van der Waals surface area contributed by atoms with Crippen molar-refractivity contribution >= 4 is 17.3 Å². The van der Waals surface area contributed by atoms with Gasteiger partial charge in [0, 0.05) is 18.5 Å². The van der Waals surface area contributed by atoms with Gasteiger partial charge in [0.2, 0.25) is 0 Å². The van der Waals surface area contributed by atoms with E-state index in [2.05, 4.69) is 10.3 Å². The van der Waals surface area contributed by atoms with Crippen molar-refractivity contribution in [2.24, 2.45) is 0 Å². The Morgan fingerprint density at radius 3 is 2.75 bits per heavy atom. The number of aromatic nitrogens is 1. The molecule has 1 aromatic carbocycles. The summed E-state index contributed by atoms with van der Waals surface area (Å²) in [6.07, 6.45) is 2.56. The Morgan fingerprint density at radius 2 is 2.10 bits per heavy atom. The second-order valence-electron chi connectivity index (χ2n) is 3.83. The molecule has 0 radical (unpaired) electrons. The van der Waals surface area contributed by atoms with Gasteiger partial charge in [0.1, 0.15) is 17.0 Å². The van der Waals surface area contributed by atoms with E-state index in [4.69, 9.17) is 0 Å². The van der Waals surface area contributed by atoms with Crippen LogP contribution in [0.2, 0.25) is 0 Å². The summed E-state index contributed by atoms with van der Waals surface area (Å²) in [7, 11) is 0. The molecule has 0 aliphatic rings. The van der Waals surface area contributed by atoms with E-state index in [-0.39, 0.29) is 17.0 Å². The largest absolute Gasteiger partial charge is 0.508 e. The minimum atomic E-state index is -0.777. The Balaban J connectivity index is 2.36. The van der Waals surface area contributed by atoms with Gasteiger partial charge < -0.3 is 15.4 Å². The van der Waals surface area contributed by atoms with E-state index in [1.165, 1.54) is 30.6 Å². The number of nitrogens with one attached hydrogen (secondary N) is 2. The molecule has 102 valence electrons. The highest BCUT2D eigenvalue weighted by Crippen LogP contribution is 2.28. The summed E-state index contributed by atoms with van der Waals surface area (Å²) in [6.45, 7) is 0. The van der Waals surface area contributed by atoms with Crippen LogP contribution in [0.1, 0.15) is 10.4 Å². The Morgan fingerprint density at radius 1 is 1.35 bits per heavy atom. The number of hydrogen-bond acceptors (Lipinski definition) is 5. The van der Waals surface area contributed by atoms with Crippen molar-refractivity contribution in [3.63, 3.8) is 0 Å². The van der Waals surface area contributed by atoms with E-state index in [1.807, 2.05) is 0 Å². The number of carbonyl (C=O) groups excluding carboxylic acids is 1. The molecule has 1 amide bonds. The van der Waals surface area contributed by atoms with E-state index in [0.29, 0.717) is 0 Å². The number of pyridine rings is 1. The first-order valence-corrected chi connectivity index (χ1v) is 5.45. The van der Waals surface area contributed by atoms with Crippen molar-refractivity contribution in [3.8, 4) is 5.75 Å². The number of benzene rings is 1. The summed E-state index contributed by atoms with van der Waals surface area (Å²) in [5.41, 5.74) is -1.26. The van der Waals surface area contributed by atoms with E-state index in [1.54, 1.807) is 0 Å². The third kappa shape index (κ3) is 2.64. The van der Waals surface area contributed by atoms with Gasteiger partial charge >= 0.3 is 0 Å². The van der Waals surface area contributed by atoms with Gasteiger partial charge in [0.15, 0.2) is 5.43 Å². The number of nitro benzene ring substituents is 1. The second-order valence-corrected chi connectivity index (χ2v) is 3.83. The molecule has 0 atom stereocenters. The number of phenolic OH excluding ortho intramolecular Hbond substituents is 1. The highest BCUT2D eigenvalue weighted by Gasteiger charge is 2.18. The van der Waals surface area contributed by atoms with Crippen LogP contribution in [0.15, 0.2) is 41.5 Å². The van der Waals surface area contributed by atoms with Crippen LogP contribution in [0.5, 0.6) is 5.75 Å². The minimum absolute atomic E-state index is 0.110. The second kappa shape index (κ2) is 5.22. The predicted molar refractivity (Wildman–Crippen MR) is 69.8 cm³/mol. The zero-order valence-electron chi connectivity index (χ0n) is 9.99. The average molecular weight is 275 g/mol. The summed E-state index contributed by atoms with van der Waals surface area (Å²) in [5, 5.41) is 22.3. The number of H-pyrrole nitrogens is 1. The lowest BCUT2D eigenvalue weighted by molar-refractivity contribution is -0.384. The first-order chi connectivity index (χ1) is 9.49. The average Bonchev–Trinajstić information content (AvgIpc) is 2.41. The molecule has 1 heterocycles. The first-order valence-electron chi connectivity index (χ1n) is 5.45. The van der Waals surface area contributed by atoms with Crippen LogP contribution in [-0.2, 0) is 0 Å². The summed E-state index contributed by atoms with van der Waals surface area (Å²) >= 11 is 0. The molecule has 8 nitrogen and oxygen atoms in total. The van der Waals surface area contributed by atoms with Crippen LogP contribution in [0.25, 0.3) is 0 Å². The van der Waals surface area contributed by atoms with Gasteiger partial charge in [0.25, 0.3) is 11.6 Å². The molecule has 2 rings (SSSR count). The van der Waals surface area contributed by atoms with Gasteiger partial charge in [-0.2, -0.15) is 0 Å². The van der Waals surface area contributed by atoms with Crippen molar-refractivity contribution in [1.29, 1.82) is 0 Å². The summed E-state index contributed by atoms with van der Waals surface area (Å²) in [6, 6.07) is 4.45. The smallest absolute Gasteiger partial charge is 0.296 e. The van der Waals surface area contributed by atoms with E-state index >= 15 is 0 Å². The standard InChI is InChI=1S/C12H9N3O5/c16-7-1-2-9(10(5-7)15(19)20)14-12(18)8-6-13-4-3-11(8)17/h1-6,16H,(H,13,17)(H,14,18). The number of aromatic amines is 1. The van der Waals surface area contributed by atoms with Crippen LogP contribution in [0.4, 0.5) is 11.4 Å². The Bertz CT molecular complexity index is 738. The number of carbonyl (C=O) groups is 1. The highest BCUT2D eigenvalue weighted by atomic mass is 16.6. The summed E-state index contributed by atoms with van der Waals surface area (Å²) < 4.78 is 0. The number of rotatable bonds is 3. The number of phenols is 1. The van der Waals surface area contributed by atoms with Crippen molar-refractivity contribution in [3.05, 3.63) is 62.6 Å². The van der Waals surface area contributed by atoms with Gasteiger partial charge in [-0.1, -0.05) is 0 Å². The molecule has 1 aromatic heterocycles. The maximum absolute atomic E-state index is 11.9.